The lowest BCUT2D eigenvalue weighted by Crippen LogP contribution is -1.91. The van der Waals surface area contributed by atoms with Gasteiger partial charge in [0.1, 0.15) is 17.8 Å². The van der Waals surface area contributed by atoms with Gasteiger partial charge in [0.25, 0.3) is 0 Å². The molecule has 0 saturated carbocycles. The van der Waals surface area contributed by atoms with Gasteiger partial charge in [-0.25, -0.2) is 0 Å². The van der Waals surface area contributed by atoms with Gasteiger partial charge in [-0.05, 0) is 74.3 Å². The van der Waals surface area contributed by atoms with Crippen LogP contribution in [0.25, 0.3) is 64.6 Å². The lowest BCUT2D eigenvalue weighted by atomic mass is 9.93. The molecule has 0 amide bonds. The summed E-state index contributed by atoms with van der Waals surface area (Å²) < 4.78 is 10.9. The Morgan fingerprint density at radius 3 is 1.10 bits per heavy atom. The number of hydrogen-bond donors (Lipinski definition) is 0. The van der Waals surface area contributed by atoms with Gasteiger partial charge in [-0.2, -0.15) is 0 Å². The lowest BCUT2D eigenvalue weighted by molar-refractivity contribution is -0.106. The highest BCUT2D eigenvalue weighted by atomic mass is 16.5. The van der Waals surface area contributed by atoms with E-state index in [9.17, 15) is 0 Å². The van der Waals surface area contributed by atoms with Gasteiger partial charge in [0.15, 0.2) is 0 Å². The van der Waals surface area contributed by atoms with Gasteiger partial charge in [0.2, 0.25) is 0 Å². The van der Waals surface area contributed by atoms with E-state index in [-0.39, 0.29) is 0 Å². The van der Waals surface area contributed by atoms with E-state index in [0.29, 0.717) is 0 Å². The quantitative estimate of drug-likeness (QED) is 0.172. The maximum atomic E-state index is 8.81. The van der Waals surface area contributed by atoms with Crippen molar-refractivity contribution in [3.8, 4) is 11.5 Å². The Hall–Kier alpha value is -4.73. The van der Waals surface area contributed by atoms with Crippen molar-refractivity contribution in [3.63, 3.8) is 0 Å². The van der Waals surface area contributed by atoms with Crippen molar-refractivity contribution in [1.82, 2.24) is 0 Å². The third-order valence-electron chi connectivity index (χ3n) is 7.20. The Kier molecular flexibility index (Phi) is 6.44. The molecule has 0 aliphatic heterocycles. The average molecular weight is 509 g/mol. The molecule has 0 aromatic heterocycles. The fourth-order valence-electron chi connectivity index (χ4n) is 5.71. The third-order valence-corrected chi connectivity index (χ3v) is 7.20. The highest BCUT2D eigenvalue weighted by Crippen LogP contribution is 2.43. The molecule has 0 atom stereocenters. The van der Waals surface area contributed by atoms with Crippen LogP contribution in [-0.4, -0.2) is 20.5 Å². The molecule has 0 unspecified atom stereocenters. The van der Waals surface area contributed by atoms with E-state index in [4.69, 9.17) is 9.53 Å². The van der Waals surface area contributed by atoms with Crippen LogP contribution in [0.1, 0.15) is 6.92 Å². The number of benzene rings is 8. The van der Waals surface area contributed by atoms with Gasteiger partial charge in [-0.3, -0.25) is 0 Å². The molecule has 3 nitrogen and oxygen atoms in total. The van der Waals surface area contributed by atoms with Crippen molar-refractivity contribution in [2.75, 3.05) is 14.2 Å². The summed E-state index contributed by atoms with van der Waals surface area (Å²) in [5.41, 5.74) is 0. The van der Waals surface area contributed by atoms with Crippen LogP contribution in [0.5, 0.6) is 11.5 Å². The second-order valence-corrected chi connectivity index (χ2v) is 9.59. The zero-order valence-electron chi connectivity index (χ0n) is 22.2. The van der Waals surface area contributed by atoms with E-state index in [0.717, 1.165) is 28.6 Å². The molecule has 190 valence electrons. The molecule has 0 spiro atoms. The third kappa shape index (κ3) is 4.08. The number of ether oxygens (including phenoxy) is 2. The topological polar surface area (TPSA) is 35.5 Å². The number of aldehydes is 1. The van der Waals surface area contributed by atoms with E-state index in [2.05, 4.69) is 114 Å². The normalized spacial score (nSPS) is 11.2. The first-order valence-corrected chi connectivity index (χ1v) is 13.0. The minimum atomic E-state index is 0.750. The van der Waals surface area contributed by atoms with E-state index in [1.807, 2.05) is 0 Å². The first-order chi connectivity index (χ1) is 19.2. The van der Waals surface area contributed by atoms with Gasteiger partial charge in [-0.1, -0.05) is 84.9 Å². The van der Waals surface area contributed by atoms with Gasteiger partial charge < -0.3 is 14.3 Å². The molecule has 0 radical (unpaired) electrons. The lowest BCUT2D eigenvalue weighted by Gasteiger charge is -2.17. The minimum absolute atomic E-state index is 0.750. The van der Waals surface area contributed by atoms with Crippen LogP contribution in [-0.2, 0) is 9.53 Å². The average Bonchev–Trinajstić information content (AvgIpc) is 2.97. The number of methoxy groups -OCH3 is 1. The summed E-state index contributed by atoms with van der Waals surface area (Å²) in [6.45, 7) is 1.44. The second-order valence-electron chi connectivity index (χ2n) is 9.59. The zero-order chi connectivity index (χ0) is 26.9. The molecule has 0 fully saturated rings. The number of hydrogen-bond acceptors (Lipinski definition) is 3. The maximum Gasteiger partial charge on any atom is 0.135 e. The summed E-state index contributed by atoms with van der Waals surface area (Å²) in [5, 5.41) is 15.1. The molecule has 0 heterocycles. The molecule has 39 heavy (non-hydrogen) atoms. The van der Waals surface area contributed by atoms with Crippen LogP contribution < -0.4 is 4.74 Å². The number of carbonyl (C=O) groups is 1. The Labute approximate surface area is 226 Å². The summed E-state index contributed by atoms with van der Waals surface area (Å²) in [6.07, 6.45) is 0.750. The molecule has 8 aromatic carbocycles. The molecular formula is C36H28O3. The molecule has 0 N–H and O–H groups in total. The predicted octanol–water partition coefficient (Wildman–Crippen LogP) is 9.74. The monoisotopic (exact) mass is 508 g/mol. The molecule has 3 heteroatoms. The molecular weight excluding hydrogens is 480 g/mol. The van der Waals surface area contributed by atoms with Crippen LogP contribution in [0.3, 0.4) is 0 Å². The SMILES string of the molecule is CC=O.COC.c1cc2ccc3ccc(Oc4ccc5ccc6cccc7ccc4c5c67)c4ccc(c1)c2c34. The van der Waals surface area contributed by atoms with E-state index in [1.54, 1.807) is 14.2 Å². The van der Waals surface area contributed by atoms with Crippen molar-refractivity contribution >= 4 is 70.9 Å². The summed E-state index contributed by atoms with van der Waals surface area (Å²) in [6, 6.07) is 39.3. The standard InChI is InChI=1S/C32H18O.C2H6O.C2H4O/c1-3-19-7-9-23-13-17-27(25-15-11-21(5-1)29(19)31(23)25)33-28-18-14-24-10-8-20-4-2-6-22-12-16-26(28)32(24)30(20)22;1-3-2;1-2-3/h1-18H;1-2H3;2H,1H3. The van der Waals surface area contributed by atoms with Crippen molar-refractivity contribution < 1.29 is 14.3 Å². The number of rotatable bonds is 2. The maximum absolute atomic E-state index is 8.81. The second kappa shape index (κ2) is 10.2. The van der Waals surface area contributed by atoms with Crippen LogP contribution in [0.4, 0.5) is 0 Å². The molecule has 8 aromatic rings. The molecule has 8 rings (SSSR count). The Morgan fingerprint density at radius 2 is 0.744 bits per heavy atom. The van der Waals surface area contributed by atoms with E-state index >= 15 is 0 Å². The van der Waals surface area contributed by atoms with Crippen molar-refractivity contribution in [2.45, 2.75) is 6.92 Å². The van der Waals surface area contributed by atoms with Gasteiger partial charge in [-0.15, -0.1) is 0 Å². The van der Waals surface area contributed by atoms with Gasteiger partial charge in [0, 0.05) is 35.8 Å². The molecule has 0 saturated heterocycles. The van der Waals surface area contributed by atoms with Crippen molar-refractivity contribution in [3.05, 3.63) is 109 Å². The van der Waals surface area contributed by atoms with Crippen molar-refractivity contribution in [2.24, 2.45) is 0 Å². The largest absolute Gasteiger partial charge is 0.456 e. The fourth-order valence-corrected chi connectivity index (χ4v) is 5.71. The minimum Gasteiger partial charge on any atom is -0.456 e. The van der Waals surface area contributed by atoms with Gasteiger partial charge >= 0.3 is 0 Å². The van der Waals surface area contributed by atoms with E-state index in [1.165, 1.54) is 60.8 Å². The zero-order valence-corrected chi connectivity index (χ0v) is 22.2. The summed E-state index contributed by atoms with van der Waals surface area (Å²) in [7, 11) is 3.25. The smallest absolute Gasteiger partial charge is 0.135 e. The Morgan fingerprint density at radius 1 is 0.462 bits per heavy atom. The highest BCUT2D eigenvalue weighted by molar-refractivity contribution is 6.25. The summed E-state index contributed by atoms with van der Waals surface area (Å²) >= 11 is 0. The van der Waals surface area contributed by atoms with Crippen molar-refractivity contribution in [1.29, 1.82) is 0 Å². The molecule has 0 bridgehead atoms. The molecule has 0 aliphatic rings. The van der Waals surface area contributed by atoms with Crippen LogP contribution in [0, 0.1) is 0 Å². The Balaban J connectivity index is 0.000000426. The fraction of sp³-hybridized carbons (Fsp3) is 0.0833. The molecule has 0 aliphatic carbocycles. The van der Waals surface area contributed by atoms with Crippen LogP contribution >= 0.6 is 0 Å². The number of carbonyl (C=O) groups excluding carboxylic acids is 1. The highest BCUT2D eigenvalue weighted by Gasteiger charge is 2.15. The predicted molar refractivity (Wildman–Crippen MR) is 165 cm³/mol. The van der Waals surface area contributed by atoms with Crippen LogP contribution in [0.2, 0.25) is 0 Å². The van der Waals surface area contributed by atoms with Crippen LogP contribution in [0.15, 0.2) is 109 Å². The Bertz CT molecular complexity index is 1900. The first-order valence-electron chi connectivity index (χ1n) is 13.0. The first kappa shape index (κ1) is 24.6. The summed E-state index contributed by atoms with van der Waals surface area (Å²) in [4.78, 5) is 8.81. The summed E-state index contributed by atoms with van der Waals surface area (Å²) in [5.74, 6) is 1.80. The van der Waals surface area contributed by atoms with Gasteiger partial charge in [0.05, 0.1) is 0 Å². The van der Waals surface area contributed by atoms with E-state index < -0.39 is 0 Å².